The summed E-state index contributed by atoms with van der Waals surface area (Å²) in [5.41, 5.74) is 1.35. The zero-order valence-corrected chi connectivity index (χ0v) is 9.74. The van der Waals surface area contributed by atoms with E-state index in [2.05, 4.69) is 0 Å². The van der Waals surface area contributed by atoms with Crippen molar-refractivity contribution < 1.29 is 9.59 Å². The molecule has 1 aliphatic rings. The number of hydrogen-bond donors (Lipinski definition) is 0. The first-order chi connectivity index (χ1) is 8.27. The van der Waals surface area contributed by atoms with Crippen LogP contribution in [0.4, 0.5) is 5.69 Å². The van der Waals surface area contributed by atoms with Gasteiger partial charge in [-0.1, -0.05) is 18.2 Å². The molecule has 0 saturated heterocycles. The predicted octanol–water partition coefficient (Wildman–Crippen LogP) is 2.59. The smallest absolute Gasteiger partial charge is 0.268 e. The summed E-state index contributed by atoms with van der Waals surface area (Å²) in [5.74, 6) is -0.0937. The van der Waals surface area contributed by atoms with Gasteiger partial charge in [0.15, 0.2) is 5.78 Å². The second-order valence-electron chi connectivity index (χ2n) is 3.81. The van der Waals surface area contributed by atoms with Gasteiger partial charge < -0.3 is 0 Å². The number of carbonyl (C=O) groups is 2. The molecule has 4 heteroatoms. The molecule has 0 fully saturated rings. The van der Waals surface area contributed by atoms with Crippen LogP contribution in [0.25, 0.3) is 0 Å². The Labute approximate surface area is 102 Å². The van der Waals surface area contributed by atoms with Crippen LogP contribution >= 0.6 is 11.3 Å². The van der Waals surface area contributed by atoms with Crippen molar-refractivity contribution in [3.63, 3.8) is 0 Å². The van der Waals surface area contributed by atoms with Crippen molar-refractivity contribution in [2.24, 2.45) is 0 Å². The quantitative estimate of drug-likeness (QED) is 0.772. The first-order valence-corrected chi connectivity index (χ1v) is 6.13. The van der Waals surface area contributed by atoms with E-state index in [9.17, 15) is 9.59 Å². The third-order valence-corrected chi connectivity index (χ3v) is 3.63. The molecule has 0 aliphatic carbocycles. The van der Waals surface area contributed by atoms with E-state index < -0.39 is 0 Å². The average molecular weight is 243 g/mol. The highest BCUT2D eigenvalue weighted by molar-refractivity contribution is 7.12. The number of nitrogens with zero attached hydrogens (tertiary/aromatic N) is 1. The minimum absolute atomic E-state index is 0.00510. The lowest BCUT2D eigenvalue weighted by Gasteiger charge is -2.14. The van der Waals surface area contributed by atoms with E-state index in [0.717, 1.165) is 5.69 Å². The molecule has 3 nitrogen and oxygen atoms in total. The predicted molar refractivity (Wildman–Crippen MR) is 66.8 cm³/mol. The van der Waals surface area contributed by atoms with E-state index in [-0.39, 0.29) is 18.2 Å². The van der Waals surface area contributed by atoms with Gasteiger partial charge in [0, 0.05) is 5.56 Å². The third-order valence-electron chi connectivity index (χ3n) is 2.77. The van der Waals surface area contributed by atoms with E-state index in [1.165, 1.54) is 11.3 Å². The summed E-state index contributed by atoms with van der Waals surface area (Å²) in [5, 5.41) is 1.86. The molecule has 1 aliphatic heterocycles. The summed E-state index contributed by atoms with van der Waals surface area (Å²) in [6, 6.07) is 10.8. The molecular weight excluding hydrogens is 234 g/mol. The second-order valence-corrected chi connectivity index (χ2v) is 4.76. The van der Waals surface area contributed by atoms with E-state index >= 15 is 0 Å². The van der Waals surface area contributed by atoms with E-state index in [4.69, 9.17) is 0 Å². The normalized spacial score (nSPS) is 13.9. The van der Waals surface area contributed by atoms with Crippen molar-refractivity contribution >= 4 is 28.7 Å². The van der Waals surface area contributed by atoms with Gasteiger partial charge in [0.1, 0.15) is 0 Å². The molecule has 0 saturated carbocycles. The molecule has 0 unspecified atom stereocenters. The molecule has 0 radical (unpaired) electrons. The fourth-order valence-electron chi connectivity index (χ4n) is 1.97. The molecule has 2 heterocycles. The fourth-order valence-corrected chi connectivity index (χ4v) is 2.65. The topological polar surface area (TPSA) is 37.4 Å². The molecule has 3 rings (SSSR count). The minimum Gasteiger partial charge on any atom is -0.299 e. The van der Waals surface area contributed by atoms with Gasteiger partial charge in [0.25, 0.3) is 5.91 Å². The summed E-state index contributed by atoms with van der Waals surface area (Å²) < 4.78 is 0. The summed E-state index contributed by atoms with van der Waals surface area (Å²) in [6.07, 6.45) is 0. The maximum absolute atomic E-state index is 12.2. The summed E-state index contributed by atoms with van der Waals surface area (Å²) in [7, 11) is 0. The number of fused-ring (bicyclic) bond motifs is 1. The van der Waals surface area contributed by atoms with Crippen LogP contribution in [0, 0.1) is 0 Å². The van der Waals surface area contributed by atoms with Crippen LogP contribution in [0.15, 0.2) is 41.8 Å². The van der Waals surface area contributed by atoms with Gasteiger partial charge >= 0.3 is 0 Å². The first-order valence-electron chi connectivity index (χ1n) is 5.25. The van der Waals surface area contributed by atoms with Crippen molar-refractivity contribution in [1.82, 2.24) is 0 Å². The molecule has 17 heavy (non-hydrogen) atoms. The van der Waals surface area contributed by atoms with Crippen molar-refractivity contribution in [3.05, 3.63) is 52.2 Å². The molecule has 0 bridgehead atoms. The molecule has 1 amide bonds. The molecule has 1 aromatic heterocycles. The summed E-state index contributed by atoms with van der Waals surface area (Å²) >= 11 is 1.39. The summed E-state index contributed by atoms with van der Waals surface area (Å²) in [4.78, 5) is 26.2. The first kappa shape index (κ1) is 10.2. The number of rotatable bonds is 1. The van der Waals surface area contributed by atoms with Crippen LogP contribution in [0.1, 0.15) is 20.0 Å². The molecule has 1 aromatic carbocycles. The Bertz CT molecular complexity index is 589. The van der Waals surface area contributed by atoms with Gasteiger partial charge in [0.2, 0.25) is 0 Å². The Kier molecular flexibility index (Phi) is 2.30. The number of benzene rings is 1. The van der Waals surface area contributed by atoms with Crippen LogP contribution in [-0.2, 0) is 0 Å². The fraction of sp³-hybridized carbons (Fsp3) is 0.0769. The maximum atomic E-state index is 12.2. The number of ketones is 1. The number of amides is 1. The Morgan fingerprint density at radius 3 is 2.76 bits per heavy atom. The Balaban J connectivity index is 2.02. The van der Waals surface area contributed by atoms with Crippen molar-refractivity contribution in [2.75, 3.05) is 11.4 Å². The Hall–Kier alpha value is -1.94. The monoisotopic (exact) mass is 243 g/mol. The van der Waals surface area contributed by atoms with Gasteiger partial charge in [-0.25, -0.2) is 0 Å². The van der Waals surface area contributed by atoms with Gasteiger partial charge in [-0.05, 0) is 23.6 Å². The number of carbonyl (C=O) groups excluding carboxylic acids is 2. The minimum atomic E-state index is -0.0988. The number of thiophene rings is 1. The highest BCUT2D eigenvalue weighted by Crippen LogP contribution is 2.29. The van der Waals surface area contributed by atoms with Gasteiger partial charge in [-0.3, -0.25) is 14.5 Å². The zero-order chi connectivity index (χ0) is 11.8. The molecule has 84 valence electrons. The van der Waals surface area contributed by atoms with E-state index in [1.807, 2.05) is 29.6 Å². The molecule has 2 aromatic rings. The van der Waals surface area contributed by atoms with Crippen LogP contribution < -0.4 is 4.90 Å². The zero-order valence-electron chi connectivity index (χ0n) is 8.92. The van der Waals surface area contributed by atoms with Crippen molar-refractivity contribution in [1.29, 1.82) is 0 Å². The van der Waals surface area contributed by atoms with E-state index in [1.54, 1.807) is 17.0 Å². The highest BCUT2D eigenvalue weighted by Gasteiger charge is 2.31. The number of para-hydroxylation sites is 1. The highest BCUT2D eigenvalue weighted by atomic mass is 32.1. The Morgan fingerprint density at radius 1 is 1.18 bits per heavy atom. The lowest BCUT2D eigenvalue weighted by atomic mass is 10.1. The second kappa shape index (κ2) is 3.82. The van der Waals surface area contributed by atoms with Gasteiger partial charge in [-0.2, -0.15) is 0 Å². The molecule has 0 N–H and O–H groups in total. The van der Waals surface area contributed by atoms with Crippen molar-refractivity contribution in [3.8, 4) is 0 Å². The lowest BCUT2D eigenvalue weighted by molar-refractivity contribution is 0.0953. The van der Waals surface area contributed by atoms with Crippen LogP contribution in [-0.4, -0.2) is 18.2 Å². The standard InChI is InChI=1S/C13H9NO2S/c15-11-8-14(10-5-2-1-4-9(10)11)13(16)12-6-3-7-17-12/h1-7H,8H2. The van der Waals surface area contributed by atoms with Crippen LogP contribution in [0.3, 0.4) is 0 Å². The molecular formula is C13H9NO2S. The molecule has 0 atom stereocenters. The largest absolute Gasteiger partial charge is 0.299 e. The van der Waals surface area contributed by atoms with Gasteiger partial charge in [0.05, 0.1) is 17.1 Å². The third kappa shape index (κ3) is 1.57. The maximum Gasteiger partial charge on any atom is 0.268 e. The average Bonchev–Trinajstić information content (AvgIpc) is 2.97. The lowest BCUT2D eigenvalue weighted by Crippen LogP contribution is -2.29. The number of Topliss-reactive ketones (excluding diaryl/α,β-unsaturated/α-hetero) is 1. The SMILES string of the molecule is O=C1CN(C(=O)c2cccs2)c2ccccc21. The number of hydrogen-bond acceptors (Lipinski definition) is 3. The van der Waals surface area contributed by atoms with Crippen molar-refractivity contribution in [2.45, 2.75) is 0 Å². The van der Waals surface area contributed by atoms with Crippen LogP contribution in [0.2, 0.25) is 0 Å². The number of anilines is 1. The van der Waals surface area contributed by atoms with E-state index in [0.29, 0.717) is 10.4 Å². The van der Waals surface area contributed by atoms with Crippen LogP contribution in [0.5, 0.6) is 0 Å². The summed E-state index contributed by atoms with van der Waals surface area (Å²) in [6.45, 7) is 0.149. The molecule has 0 spiro atoms. The Morgan fingerprint density at radius 2 is 2.00 bits per heavy atom. The van der Waals surface area contributed by atoms with Gasteiger partial charge in [-0.15, -0.1) is 11.3 Å².